The Morgan fingerprint density at radius 1 is 1.41 bits per heavy atom. The summed E-state index contributed by atoms with van der Waals surface area (Å²) >= 11 is 3.33. The molecular formula is C12H15BrN2O2. The number of carbonyl (C=O) groups excluding carboxylic acids is 2. The van der Waals surface area contributed by atoms with Crippen LogP contribution in [-0.4, -0.2) is 37.4 Å². The molecule has 1 aromatic carbocycles. The summed E-state index contributed by atoms with van der Waals surface area (Å²) < 4.78 is 0.733. The van der Waals surface area contributed by atoms with Gasteiger partial charge < -0.3 is 10.2 Å². The van der Waals surface area contributed by atoms with Crippen LogP contribution < -0.4 is 5.32 Å². The summed E-state index contributed by atoms with van der Waals surface area (Å²) in [5, 5.41) is 2.48. The first-order valence-electron chi connectivity index (χ1n) is 5.18. The molecule has 0 aliphatic carbocycles. The highest BCUT2D eigenvalue weighted by molar-refractivity contribution is 9.10. The van der Waals surface area contributed by atoms with Crippen LogP contribution in [0.25, 0.3) is 0 Å². The van der Waals surface area contributed by atoms with Crippen LogP contribution in [0.15, 0.2) is 22.7 Å². The average Bonchev–Trinajstić information content (AvgIpc) is 2.31. The Morgan fingerprint density at radius 2 is 2.06 bits per heavy atom. The Kier molecular flexibility index (Phi) is 4.69. The molecule has 0 bridgehead atoms. The van der Waals surface area contributed by atoms with Crippen LogP contribution in [0.2, 0.25) is 0 Å². The second-order valence-electron chi connectivity index (χ2n) is 3.82. The Bertz CT molecular complexity index is 446. The summed E-state index contributed by atoms with van der Waals surface area (Å²) in [6.07, 6.45) is 0. The number of likely N-dealkylation sites (N-methyl/N-ethyl adjacent to an activating group) is 2. The molecule has 92 valence electrons. The van der Waals surface area contributed by atoms with E-state index in [-0.39, 0.29) is 18.4 Å². The zero-order chi connectivity index (χ0) is 13.0. The third kappa shape index (κ3) is 3.56. The molecule has 0 aliphatic heterocycles. The van der Waals surface area contributed by atoms with Crippen LogP contribution in [0.3, 0.4) is 0 Å². The Hall–Kier alpha value is -1.36. The van der Waals surface area contributed by atoms with E-state index >= 15 is 0 Å². The predicted octanol–water partition coefficient (Wildman–Crippen LogP) is 1.58. The van der Waals surface area contributed by atoms with E-state index in [4.69, 9.17) is 0 Å². The number of hydrogen-bond acceptors (Lipinski definition) is 2. The van der Waals surface area contributed by atoms with Crippen LogP contribution in [-0.2, 0) is 4.79 Å². The molecule has 0 unspecified atom stereocenters. The third-order valence-electron chi connectivity index (χ3n) is 2.36. The quantitative estimate of drug-likeness (QED) is 0.921. The van der Waals surface area contributed by atoms with Crippen molar-refractivity contribution in [3.05, 3.63) is 33.8 Å². The maximum Gasteiger partial charge on any atom is 0.255 e. The lowest BCUT2D eigenvalue weighted by Gasteiger charge is -2.17. The largest absolute Gasteiger partial charge is 0.358 e. The first-order chi connectivity index (χ1) is 7.95. The van der Waals surface area contributed by atoms with Crippen molar-refractivity contribution < 1.29 is 9.59 Å². The van der Waals surface area contributed by atoms with Gasteiger partial charge in [-0.15, -0.1) is 0 Å². The molecule has 0 radical (unpaired) electrons. The topological polar surface area (TPSA) is 49.4 Å². The normalized spacial score (nSPS) is 9.88. The minimum Gasteiger partial charge on any atom is -0.358 e. The summed E-state index contributed by atoms with van der Waals surface area (Å²) in [5.74, 6) is -0.367. The second kappa shape index (κ2) is 5.82. The van der Waals surface area contributed by atoms with Crippen molar-refractivity contribution in [3.8, 4) is 0 Å². The van der Waals surface area contributed by atoms with Gasteiger partial charge in [0.05, 0.1) is 12.1 Å². The van der Waals surface area contributed by atoms with E-state index < -0.39 is 0 Å². The molecule has 1 aromatic rings. The van der Waals surface area contributed by atoms with Gasteiger partial charge in [-0.2, -0.15) is 0 Å². The number of hydrogen-bond donors (Lipinski definition) is 1. The van der Waals surface area contributed by atoms with Crippen molar-refractivity contribution in [1.82, 2.24) is 10.2 Å². The van der Waals surface area contributed by atoms with Gasteiger partial charge in [-0.05, 0) is 35.0 Å². The fraction of sp³-hybridized carbons (Fsp3) is 0.333. The lowest BCUT2D eigenvalue weighted by Crippen LogP contribution is -2.37. The van der Waals surface area contributed by atoms with Gasteiger partial charge in [0.1, 0.15) is 0 Å². The summed E-state index contributed by atoms with van der Waals surface area (Å²) in [6.45, 7) is 1.97. The fourth-order valence-corrected chi connectivity index (χ4v) is 1.79. The van der Waals surface area contributed by atoms with Crippen LogP contribution in [0.4, 0.5) is 0 Å². The van der Waals surface area contributed by atoms with Crippen molar-refractivity contribution in [1.29, 1.82) is 0 Å². The van der Waals surface area contributed by atoms with Gasteiger partial charge in [-0.1, -0.05) is 11.6 Å². The van der Waals surface area contributed by atoms with Gasteiger partial charge in [0.25, 0.3) is 5.91 Å². The fourth-order valence-electron chi connectivity index (χ4n) is 1.37. The second-order valence-corrected chi connectivity index (χ2v) is 4.67. The molecule has 0 saturated heterocycles. The number of rotatable bonds is 3. The summed E-state index contributed by atoms with van der Waals surface area (Å²) in [4.78, 5) is 24.7. The van der Waals surface area contributed by atoms with Crippen LogP contribution in [0, 0.1) is 6.92 Å². The molecule has 4 nitrogen and oxygen atoms in total. The predicted molar refractivity (Wildman–Crippen MR) is 69.9 cm³/mol. The maximum atomic E-state index is 12.1. The molecule has 0 aromatic heterocycles. The zero-order valence-corrected chi connectivity index (χ0v) is 11.7. The van der Waals surface area contributed by atoms with Crippen LogP contribution >= 0.6 is 15.9 Å². The number of benzene rings is 1. The Balaban J connectivity index is 2.88. The molecule has 1 rings (SSSR count). The number of carbonyl (C=O) groups is 2. The maximum absolute atomic E-state index is 12.1. The lowest BCUT2D eigenvalue weighted by atomic mass is 10.1. The van der Waals surface area contributed by atoms with E-state index in [1.165, 1.54) is 4.90 Å². The van der Waals surface area contributed by atoms with E-state index in [9.17, 15) is 9.59 Å². The summed E-state index contributed by atoms with van der Waals surface area (Å²) in [7, 11) is 3.15. The van der Waals surface area contributed by atoms with E-state index in [0.717, 1.165) is 10.0 Å². The molecule has 0 fully saturated rings. The van der Waals surface area contributed by atoms with E-state index in [1.807, 2.05) is 19.1 Å². The number of nitrogens with one attached hydrogen (secondary N) is 1. The molecule has 5 heteroatoms. The molecule has 2 amide bonds. The van der Waals surface area contributed by atoms with Crippen LogP contribution in [0.1, 0.15) is 15.9 Å². The minimum absolute atomic E-state index is 0.0513. The smallest absolute Gasteiger partial charge is 0.255 e. The molecule has 17 heavy (non-hydrogen) atoms. The number of halogens is 1. The van der Waals surface area contributed by atoms with Gasteiger partial charge in [-0.3, -0.25) is 9.59 Å². The summed E-state index contributed by atoms with van der Waals surface area (Å²) in [6, 6.07) is 5.54. The minimum atomic E-state index is -0.190. The van der Waals surface area contributed by atoms with E-state index in [1.54, 1.807) is 20.2 Å². The number of nitrogens with zero attached hydrogens (tertiary/aromatic N) is 1. The van der Waals surface area contributed by atoms with E-state index in [0.29, 0.717) is 5.56 Å². The zero-order valence-electron chi connectivity index (χ0n) is 10.1. The highest BCUT2D eigenvalue weighted by Gasteiger charge is 2.16. The van der Waals surface area contributed by atoms with E-state index in [2.05, 4.69) is 21.2 Å². The molecule has 0 atom stereocenters. The standard InChI is InChI=1S/C12H15BrN2O2/c1-8-4-5-10(13)9(6-8)12(17)15(3)7-11(16)14-2/h4-6H,7H2,1-3H3,(H,14,16). The van der Waals surface area contributed by atoms with Gasteiger partial charge >= 0.3 is 0 Å². The number of amides is 2. The molecule has 0 spiro atoms. The Labute approximate surface area is 109 Å². The lowest BCUT2D eigenvalue weighted by molar-refractivity contribution is -0.121. The van der Waals surface area contributed by atoms with Gasteiger partial charge in [0.2, 0.25) is 5.91 Å². The third-order valence-corrected chi connectivity index (χ3v) is 3.05. The molecule has 0 aliphatic rings. The first kappa shape index (κ1) is 13.7. The highest BCUT2D eigenvalue weighted by atomic mass is 79.9. The first-order valence-corrected chi connectivity index (χ1v) is 5.97. The monoisotopic (exact) mass is 298 g/mol. The van der Waals surface area contributed by atoms with Crippen molar-refractivity contribution in [2.24, 2.45) is 0 Å². The van der Waals surface area contributed by atoms with Crippen molar-refractivity contribution in [2.45, 2.75) is 6.92 Å². The van der Waals surface area contributed by atoms with Gasteiger partial charge in [0, 0.05) is 18.6 Å². The summed E-state index contributed by atoms with van der Waals surface area (Å²) in [5.41, 5.74) is 1.57. The molecule has 1 N–H and O–H groups in total. The van der Waals surface area contributed by atoms with Gasteiger partial charge in [0.15, 0.2) is 0 Å². The van der Waals surface area contributed by atoms with Crippen molar-refractivity contribution >= 4 is 27.7 Å². The van der Waals surface area contributed by atoms with Crippen molar-refractivity contribution in [3.63, 3.8) is 0 Å². The SMILES string of the molecule is CNC(=O)CN(C)C(=O)c1cc(C)ccc1Br. The van der Waals surface area contributed by atoms with Crippen LogP contribution in [0.5, 0.6) is 0 Å². The average molecular weight is 299 g/mol. The molecule has 0 heterocycles. The molecular weight excluding hydrogens is 284 g/mol. The number of aryl methyl sites for hydroxylation is 1. The Morgan fingerprint density at radius 3 is 2.65 bits per heavy atom. The highest BCUT2D eigenvalue weighted by Crippen LogP contribution is 2.19. The van der Waals surface area contributed by atoms with Gasteiger partial charge in [-0.25, -0.2) is 0 Å². The molecule has 0 saturated carbocycles. The van der Waals surface area contributed by atoms with Crippen molar-refractivity contribution in [2.75, 3.05) is 20.6 Å².